The van der Waals surface area contributed by atoms with Crippen molar-refractivity contribution in [1.29, 1.82) is 5.26 Å². The van der Waals surface area contributed by atoms with Crippen LogP contribution in [0.4, 0.5) is 13.2 Å². The molecule has 0 fully saturated rings. The lowest BCUT2D eigenvalue weighted by Crippen LogP contribution is -2.17. The molecular formula is C10H6F3NO3S. The number of methoxy groups -OCH3 is 1. The third kappa shape index (κ3) is 3.30. The first-order chi connectivity index (χ1) is 8.28. The fourth-order valence-corrected chi connectivity index (χ4v) is 1.54. The summed E-state index contributed by atoms with van der Waals surface area (Å²) in [6.45, 7) is 0. The van der Waals surface area contributed by atoms with Crippen LogP contribution in [0.25, 0.3) is 0 Å². The van der Waals surface area contributed by atoms with Crippen molar-refractivity contribution in [2.75, 3.05) is 7.11 Å². The van der Waals surface area contributed by atoms with E-state index in [0.717, 1.165) is 19.2 Å². The van der Waals surface area contributed by atoms with Gasteiger partial charge >= 0.3 is 12.3 Å². The molecule has 0 N–H and O–H groups in total. The van der Waals surface area contributed by atoms with Gasteiger partial charge in [0.25, 0.3) is 0 Å². The lowest BCUT2D eigenvalue weighted by molar-refractivity contribution is -0.274. The van der Waals surface area contributed by atoms with Crippen LogP contribution in [0, 0.1) is 11.3 Å². The number of nitrogens with zero attached hydrogens (tertiary/aromatic N) is 1. The monoisotopic (exact) mass is 277 g/mol. The standard InChI is InChI=1S/C10H6F3NO3S/c1-16-9(15)8-5(4-14)2-6(3-7(8)18)17-10(11,12)13/h2-3,18H,1H3. The highest BCUT2D eigenvalue weighted by Crippen LogP contribution is 2.29. The van der Waals surface area contributed by atoms with Crippen LogP contribution < -0.4 is 4.74 Å². The first-order valence-corrected chi connectivity index (χ1v) is 4.84. The van der Waals surface area contributed by atoms with E-state index in [1.807, 2.05) is 0 Å². The smallest absolute Gasteiger partial charge is 0.465 e. The summed E-state index contributed by atoms with van der Waals surface area (Å²) in [6, 6.07) is 3.25. The number of hydrogen-bond acceptors (Lipinski definition) is 5. The second kappa shape index (κ2) is 5.18. The van der Waals surface area contributed by atoms with Crippen molar-refractivity contribution in [2.24, 2.45) is 0 Å². The van der Waals surface area contributed by atoms with Gasteiger partial charge in [-0.1, -0.05) is 0 Å². The molecule has 0 spiro atoms. The summed E-state index contributed by atoms with van der Waals surface area (Å²) < 4.78 is 44.1. The molecule has 0 aliphatic rings. The molecule has 4 nitrogen and oxygen atoms in total. The van der Waals surface area contributed by atoms with Crippen LogP contribution in [-0.4, -0.2) is 19.4 Å². The van der Waals surface area contributed by atoms with Gasteiger partial charge in [-0.2, -0.15) is 5.26 Å². The summed E-state index contributed by atoms with van der Waals surface area (Å²) in [5.74, 6) is -1.49. The summed E-state index contributed by atoms with van der Waals surface area (Å²) in [4.78, 5) is 11.2. The Morgan fingerprint density at radius 3 is 2.50 bits per heavy atom. The zero-order valence-electron chi connectivity index (χ0n) is 8.91. The predicted molar refractivity (Wildman–Crippen MR) is 56.4 cm³/mol. The molecule has 8 heteroatoms. The summed E-state index contributed by atoms with van der Waals surface area (Å²) in [5.41, 5.74) is -0.522. The van der Waals surface area contributed by atoms with Crippen molar-refractivity contribution in [3.63, 3.8) is 0 Å². The maximum Gasteiger partial charge on any atom is 0.573 e. The van der Waals surface area contributed by atoms with Crippen LogP contribution in [0.3, 0.4) is 0 Å². The van der Waals surface area contributed by atoms with Crippen molar-refractivity contribution in [3.05, 3.63) is 23.3 Å². The summed E-state index contributed by atoms with van der Waals surface area (Å²) in [5, 5.41) is 8.78. The van der Waals surface area contributed by atoms with Crippen LogP contribution in [0.2, 0.25) is 0 Å². The quantitative estimate of drug-likeness (QED) is 0.666. The first kappa shape index (κ1) is 14.2. The highest BCUT2D eigenvalue weighted by molar-refractivity contribution is 7.80. The molecule has 0 saturated heterocycles. The highest BCUT2D eigenvalue weighted by Gasteiger charge is 2.32. The lowest BCUT2D eigenvalue weighted by Gasteiger charge is -2.11. The molecule has 0 atom stereocenters. The summed E-state index contributed by atoms with van der Waals surface area (Å²) in [7, 11) is 1.08. The van der Waals surface area contributed by atoms with Gasteiger partial charge in [-0.25, -0.2) is 4.79 Å². The number of thiol groups is 1. The summed E-state index contributed by atoms with van der Waals surface area (Å²) in [6.07, 6.45) is -4.89. The van der Waals surface area contributed by atoms with Gasteiger partial charge in [-0.3, -0.25) is 0 Å². The molecule has 0 unspecified atom stereocenters. The second-order valence-corrected chi connectivity index (χ2v) is 3.50. The molecule has 1 rings (SSSR count). The molecular weight excluding hydrogens is 271 g/mol. The van der Waals surface area contributed by atoms with Gasteiger partial charge in [0.2, 0.25) is 0 Å². The average molecular weight is 277 g/mol. The van der Waals surface area contributed by atoms with E-state index in [0.29, 0.717) is 0 Å². The Hall–Kier alpha value is -1.88. The predicted octanol–water partition coefficient (Wildman–Crippen LogP) is 2.53. The van der Waals surface area contributed by atoms with Crippen LogP contribution in [-0.2, 0) is 4.74 Å². The number of carbonyl (C=O) groups is 1. The van der Waals surface area contributed by atoms with Gasteiger partial charge in [0.15, 0.2) is 0 Å². The van der Waals surface area contributed by atoms with Crippen molar-refractivity contribution in [2.45, 2.75) is 11.3 Å². The Bertz CT molecular complexity index is 522. The van der Waals surface area contributed by atoms with Crippen molar-refractivity contribution < 1.29 is 27.4 Å². The second-order valence-electron chi connectivity index (χ2n) is 3.02. The average Bonchev–Trinajstić information content (AvgIpc) is 2.24. The number of carbonyl (C=O) groups excluding carboxylic acids is 1. The lowest BCUT2D eigenvalue weighted by atomic mass is 10.1. The Morgan fingerprint density at radius 1 is 1.44 bits per heavy atom. The third-order valence-corrected chi connectivity index (χ3v) is 2.19. The molecule has 0 aromatic heterocycles. The van der Waals surface area contributed by atoms with E-state index in [9.17, 15) is 18.0 Å². The Morgan fingerprint density at radius 2 is 2.06 bits per heavy atom. The Balaban J connectivity index is 3.29. The molecule has 1 aromatic rings. The van der Waals surface area contributed by atoms with E-state index in [1.165, 1.54) is 0 Å². The van der Waals surface area contributed by atoms with Gasteiger partial charge < -0.3 is 9.47 Å². The number of hydrogen-bond donors (Lipinski definition) is 1. The molecule has 18 heavy (non-hydrogen) atoms. The van der Waals surface area contributed by atoms with Gasteiger partial charge in [0.05, 0.1) is 18.2 Å². The molecule has 0 aliphatic heterocycles. The van der Waals surface area contributed by atoms with Gasteiger partial charge in [0, 0.05) is 4.90 Å². The topological polar surface area (TPSA) is 59.3 Å². The maximum absolute atomic E-state index is 12.0. The van der Waals surface area contributed by atoms with Crippen LogP contribution in [0.1, 0.15) is 15.9 Å². The summed E-state index contributed by atoms with van der Waals surface area (Å²) >= 11 is 3.83. The Kier molecular flexibility index (Phi) is 4.08. The van der Waals surface area contributed by atoms with Gasteiger partial charge in [-0.15, -0.1) is 25.8 Å². The number of alkyl halides is 3. The molecule has 0 amide bonds. The number of halogens is 3. The molecule has 0 heterocycles. The molecule has 0 aliphatic carbocycles. The van der Waals surface area contributed by atoms with Crippen LogP contribution in [0.5, 0.6) is 5.75 Å². The van der Waals surface area contributed by atoms with E-state index in [1.54, 1.807) is 6.07 Å². The van der Waals surface area contributed by atoms with Crippen molar-refractivity contribution in [3.8, 4) is 11.8 Å². The fraction of sp³-hybridized carbons (Fsp3) is 0.200. The van der Waals surface area contributed by atoms with E-state index < -0.39 is 18.1 Å². The molecule has 0 saturated carbocycles. The molecule has 96 valence electrons. The normalized spacial score (nSPS) is 10.7. The van der Waals surface area contributed by atoms with Gasteiger partial charge in [-0.05, 0) is 12.1 Å². The molecule has 1 aromatic carbocycles. The van der Waals surface area contributed by atoms with E-state index in [2.05, 4.69) is 22.1 Å². The number of rotatable bonds is 2. The van der Waals surface area contributed by atoms with E-state index in [-0.39, 0.29) is 16.0 Å². The third-order valence-electron chi connectivity index (χ3n) is 1.83. The zero-order chi connectivity index (χ0) is 13.9. The number of ether oxygens (including phenoxy) is 2. The minimum Gasteiger partial charge on any atom is -0.465 e. The minimum absolute atomic E-state index is 0.139. The SMILES string of the molecule is COC(=O)c1c(S)cc(OC(F)(F)F)cc1C#N. The van der Waals surface area contributed by atoms with Crippen LogP contribution >= 0.6 is 12.6 Å². The minimum atomic E-state index is -4.89. The van der Waals surface area contributed by atoms with Crippen molar-refractivity contribution >= 4 is 18.6 Å². The number of benzene rings is 1. The molecule has 0 bridgehead atoms. The fourth-order valence-electron chi connectivity index (χ4n) is 1.20. The molecule has 0 radical (unpaired) electrons. The van der Waals surface area contributed by atoms with E-state index in [4.69, 9.17) is 5.26 Å². The maximum atomic E-state index is 12.0. The number of nitriles is 1. The highest BCUT2D eigenvalue weighted by atomic mass is 32.1. The van der Waals surface area contributed by atoms with Crippen LogP contribution in [0.15, 0.2) is 17.0 Å². The zero-order valence-corrected chi connectivity index (χ0v) is 9.80. The van der Waals surface area contributed by atoms with Crippen molar-refractivity contribution in [1.82, 2.24) is 0 Å². The Labute approximate surface area is 105 Å². The first-order valence-electron chi connectivity index (χ1n) is 4.39. The van der Waals surface area contributed by atoms with Gasteiger partial charge in [0.1, 0.15) is 11.8 Å². The largest absolute Gasteiger partial charge is 0.573 e. The van der Waals surface area contributed by atoms with E-state index >= 15 is 0 Å². The number of esters is 1.